The summed E-state index contributed by atoms with van der Waals surface area (Å²) < 4.78 is 5.33. The van der Waals surface area contributed by atoms with E-state index < -0.39 is 17.7 Å². The maximum atomic E-state index is 12.3. The van der Waals surface area contributed by atoms with Crippen LogP contribution in [0.15, 0.2) is 12.4 Å². The van der Waals surface area contributed by atoms with Crippen LogP contribution in [0.3, 0.4) is 0 Å². The molecule has 1 aliphatic rings. The SMILES string of the molecule is [B]c1cnc(NC(=O)[C@@H]2CCCN2C(=O)OC(C)(C)C)nc1. The van der Waals surface area contributed by atoms with Gasteiger partial charge in [-0.25, -0.2) is 14.8 Å². The predicted molar refractivity (Wildman–Crippen MR) is 82.0 cm³/mol. The maximum absolute atomic E-state index is 12.3. The summed E-state index contributed by atoms with van der Waals surface area (Å²) in [5.74, 6) is -0.164. The minimum atomic E-state index is -0.596. The van der Waals surface area contributed by atoms with E-state index in [1.165, 1.54) is 17.3 Å². The fraction of sp³-hybridized carbons (Fsp3) is 0.571. The number of hydrogen-bond donors (Lipinski definition) is 1. The van der Waals surface area contributed by atoms with Crippen LogP contribution in [0.1, 0.15) is 33.6 Å². The van der Waals surface area contributed by atoms with Gasteiger partial charge in [0.25, 0.3) is 0 Å². The van der Waals surface area contributed by atoms with Crippen LogP contribution in [0, 0.1) is 0 Å². The average molecular weight is 302 g/mol. The van der Waals surface area contributed by atoms with E-state index in [0.29, 0.717) is 18.4 Å². The Morgan fingerprint density at radius 1 is 1.36 bits per heavy atom. The zero-order valence-corrected chi connectivity index (χ0v) is 13.0. The molecule has 0 saturated carbocycles. The molecule has 1 aromatic rings. The molecular weight excluding hydrogens is 283 g/mol. The van der Waals surface area contributed by atoms with Gasteiger partial charge in [0.1, 0.15) is 19.5 Å². The number of likely N-dealkylation sites (tertiary alicyclic amines) is 1. The zero-order valence-electron chi connectivity index (χ0n) is 13.0. The molecule has 1 aromatic heterocycles. The van der Waals surface area contributed by atoms with Crippen molar-refractivity contribution in [1.82, 2.24) is 14.9 Å². The summed E-state index contributed by atoms with van der Waals surface area (Å²) in [6.45, 7) is 5.87. The molecule has 0 unspecified atom stereocenters. The van der Waals surface area contributed by atoms with Crippen molar-refractivity contribution in [1.29, 1.82) is 0 Å². The Morgan fingerprint density at radius 3 is 2.59 bits per heavy atom. The van der Waals surface area contributed by atoms with E-state index in [1.807, 2.05) is 0 Å². The number of hydrogen-bond acceptors (Lipinski definition) is 5. The molecule has 1 aliphatic heterocycles. The second-order valence-electron chi connectivity index (χ2n) is 6.16. The van der Waals surface area contributed by atoms with Crippen LogP contribution in [0.25, 0.3) is 0 Å². The van der Waals surface area contributed by atoms with E-state index in [2.05, 4.69) is 15.3 Å². The molecule has 2 rings (SSSR count). The molecule has 2 amide bonds. The minimum Gasteiger partial charge on any atom is -0.444 e. The summed E-state index contributed by atoms with van der Waals surface area (Å²) in [4.78, 5) is 33.7. The van der Waals surface area contributed by atoms with Crippen LogP contribution < -0.4 is 10.8 Å². The predicted octanol–water partition coefficient (Wildman–Crippen LogP) is 0.608. The highest BCUT2D eigenvalue weighted by Gasteiger charge is 2.36. The lowest BCUT2D eigenvalue weighted by atomic mass is 10.0. The smallest absolute Gasteiger partial charge is 0.410 e. The fourth-order valence-corrected chi connectivity index (χ4v) is 2.17. The number of nitrogens with zero attached hydrogens (tertiary/aromatic N) is 3. The Bertz CT molecular complexity index is 556. The largest absolute Gasteiger partial charge is 0.444 e. The first kappa shape index (κ1) is 16.3. The monoisotopic (exact) mass is 302 g/mol. The third-order valence-corrected chi connectivity index (χ3v) is 3.09. The van der Waals surface area contributed by atoms with Gasteiger partial charge in [-0.15, -0.1) is 0 Å². The third kappa shape index (κ3) is 4.19. The standard InChI is InChI=1S/C14H19BN4O3/c1-14(2,3)22-13(21)19-6-4-5-10(19)11(20)18-12-16-7-9(15)8-17-12/h7-8,10H,4-6H2,1-3H3,(H,16,17,18,20)/t10-/m0/s1. The van der Waals surface area contributed by atoms with Crippen molar-refractivity contribution in [3.8, 4) is 0 Å². The van der Waals surface area contributed by atoms with Crippen molar-refractivity contribution in [2.24, 2.45) is 0 Å². The summed E-state index contributed by atoms with van der Waals surface area (Å²) >= 11 is 0. The zero-order chi connectivity index (χ0) is 16.3. The summed E-state index contributed by atoms with van der Waals surface area (Å²) in [6.07, 6.45) is 3.66. The summed E-state index contributed by atoms with van der Waals surface area (Å²) in [5, 5.41) is 2.59. The van der Waals surface area contributed by atoms with Crippen LogP contribution in [0.2, 0.25) is 0 Å². The van der Waals surface area contributed by atoms with Crippen LogP contribution in [-0.4, -0.2) is 52.9 Å². The first-order valence-corrected chi connectivity index (χ1v) is 7.14. The molecule has 0 aliphatic carbocycles. The molecule has 0 bridgehead atoms. The van der Waals surface area contributed by atoms with Gasteiger partial charge in [0.05, 0.1) is 0 Å². The summed E-state index contributed by atoms with van der Waals surface area (Å²) in [6, 6.07) is -0.573. The molecule has 1 saturated heterocycles. The minimum absolute atomic E-state index is 0.162. The normalized spacial score (nSPS) is 18.1. The topological polar surface area (TPSA) is 84.4 Å². The summed E-state index contributed by atoms with van der Waals surface area (Å²) in [7, 11) is 5.49. The van der Waals surface area contributed by atoms with Gasteiger partial charge in [-0.05, 0) is 33.6 Å². The van der Waals surface area contributed by atoms with Gasteiger partial charge in [-0.3, -0.25) is 15.0 Å². The Hall–Kier alpha value is -2.12. The van der Waals surface area contributed by atoms with E-state index in [1.54, 1.807) is 20.8 Å². The van der Waals surface area contributed by atoms with Crippen molar-refractivity contribution in [2.75, 3.05) is 11.9 Å². The molecule has 1 fully saturated rings. The van der Waals surface area contributed by atoms with Crippen molar-refractivity contribution >= 4 is 31.3 Å². The third-order valence-electron chi connectivity index (χ3n) is 3.09. The molecule has 0 aromatic carbocycles. The van der Waals surface area contributed by atoms with Crippen LogP contribution in [-0.2, 0) is 9.53 Å². The molecule has 1 atom stereocenters. The van der Waals surface area contributed by atoms with Gasteiger partial charge >= 0.3 is 6.09 Å². The molecule has 22 heavy (non-hydrogen) atoms. The van der Waals surface area contributed by atoms with Gasteiger partial charge < -0.3 is 4.74 Å². The Balaban J connectivity index is 2.01. The second-order valence-corrected chi connectivity index (χ2v) is 6.16. The fourth-order valence-electron chi connectivity index (χ4n) is 2.17. The van der Waals surface area contributed by atoms with Gasteiger partial charge in [-0.1, -0.05) is 5.46 Å². The lowest BCUT2D eigenvalue weighted by Crippen LogP contribution is -2.45. The molecule has 7 nitrogen and oxygen atoms in total. The Labute approximate surface area is 130 Å². The Kier molecular flexibility index (Phi) is 4.68. The van der Waals surface area contributed by atoms with Gasteiger partial charge in [0, 0.05) is 18.9 Å². The van der Waals surface area contributed by atoms with Crippen LogP contribution in [0.5, 0.6) is 0 Å². The van der Waals surface area contributed by atoms with E-state index in [9.17, 15) is 9.59 Å². The molecule has 2 heterocycles. The number of carbonyl (C=O) groups excluding carboxylic acids is 2. The number of anilines is 1. The number of nitrogens with one attached hydrogen (secondary N) is 1. The van der Waals surface area contributed by atoms with Crippen molar-refractivity contribution < 1.29 is 14.3 Å². The van der Waals surface area contributed by atoms with Gasteiger partial charge in [0.2, 0.25) is 11.9 Å². The van der Waals surface area contributed by atoms with E-state index in [0.717, 1.165) is 6.42 Å². The molecule has 116 valence electrons. The van der Waals surface area contributed by atoms with E-state index in [-0.39, 0.29) is 11.9 Å². The van der Waals surface area contributed by atoms with Crippen molar-refractivity contribution in [3.63, 3.8) is 0 Å². The quantitative estimate of drug-likeness (QED) is 0.809. The average Bonchev–Trinajstić information content (AvgIpc) is 2.89. The Morgan fingerprint density at radius 2 is 2.00 bits per heavy atom. The summed E-state index contributed by atoms with van der Waals surface area (Å²) in [5.41, 5.74) is -0.185. The van der Waals surface area contributed by atoms with Gasteiger partial charge in [-0.2, -0.15) is 0 Å². The highest BCUT2D eigenvalue weighted by molar-refractivity contribution is 6.31. The maximum Gasteiger partial charge on any atom is 0.410 e. The molecular formula is C14H19BN4O3. The first-order valence-electron chi connectivity index (χ1n) is 7.14. The van der Waals surface area contributed by atoms with Crippen LogP contribution >= 0.6 is 0 Å². The number of carbonyl (C=O) groups is 2. The lowest BCUT2D eigenvalue weighted by Gasteiger charge is -2.27. The molecule has 1 N–H and O–H groups in total. The van der Waals surface area contributed by atoms with E-state index in [4.69, 9.17) is 12.6 Å². The van der Waals surface area contributed by atoms with E-state index >= 15 is 0 Å². The first-order chi connectivity index (χ1) is 10.3. The van der Waals surface area contributed by atoms with Crippen molar-refractivity contribution in [3.05, 3.63) is 12.4 Å². The van der Waals surface area contributed by atoms with Crippen molar-refractivity contribution in [2.45, 2.75) is 45.3 Å². The van der Waals surface area contributed by atoms with Gasteiger partial charge in [0.15, 0.2) is 0 Å². The molecule has 0 spiro atoms. The number of ether oxygens (including phenoxy) is 1. The molecule has 2 radical (unpaired) electrons. The number of rotatable bonds is 2. The molecule has 8 heteroatoms. The second kappa shape index (κ2) is 6.33. The highest BCUT2D eigenvalue weighted by atomic mass is 16.6. The number of aromatic nitrogens is 2. The number of amides is 2. The lowest BCUT2D eigenvalue weighted by molar-refractivity contribution is -0.120. The van der Waals surface area contributed by atoms with Crippen LogP contribution in [0.4, 0.5) is 10.7 Å². The highest BCUT2D eigenvalue weighted by Crippen LogP contribution is 2.21.